The molecule has 0 atom stereocenters. The molecule has 0 radical (unpaired) electrons. The normalized spacial score (nSPS) is 11.7. The Labute approximate surface area is 135 Å². The van der Waals surface area contributed by atoms with Crippen LogP contribution in [-0.2, 0) is 23.2 Å². The third-order valence-corrected chi connectivity index (χ3v) is 5.31. The zero-order valence-electron chi connectivity index (χ0n) is 12.6. The summed E-state index contributed by atoms with van der Waals surface area (Å²) in [6.07, 6.45) is 0. The van der Waals surface area contributed by atoms with E-state index in [0.717, 1.165) is 11.1 Å². The molecule has 2 rings (SSSR count). The minimum absolute atomic E-state index is 0.0581. The first-order valence-electron chi connectivity index (χ1n) is 6.95. The second kappa shape index (κ2) is 7.24. The van der Waals surface area contributed by atoms with E-state index in [0.29, 0.717) is 0 Å². The van der Waals surface area contributed by atoms with E-state index in [-0.39, 0.29) is 23.5 Å². The number of sulfonamides is 1. The van der Waals surface area contributed by atoms with Gasteiger partial charge in [-0.15, -0.1) is 0 Å². The van der Waals surface area contributed by atoms with Crippen LogP contribution in [0, 0.1) is 0 Å². The molecular weight excluding hydrogens is 317 g/mol. The van der Waals surface area contributed by atoms with Crippen LogP contribution >= 0.6 is 0 Å². The Bertz CT molecular complexity index is 744. The zero-order valence-corrected chi connectivity index (χ0v) is 13.4. The lowest BCUT2D eigenvalue weighted by molar-refractivity contribution is 0.282. The molecule has 0 saturated carbocycles. The predicted molar refractivity (Wildman–Crippen MR) is 87.3 cm³/mol. The van der Waals surface area contributed by atoms with E-state index in [4.69, 9.17) is 15.2 Å². The highest BCUT2D eigenvalue weighted by Crippen LogP contribution is 2.16. The average Bonchev–Trinajstić information content (AvgIpc) is 2.55. The Kier molecular flexibility index (Phi) is 5.56. The van der Waals surface area contributed by atoms with Gasteiger partial charge in [0.2, 0.25) is 10.0 Å². The van der Waals surface area contributed by atoms with E-state index in [1.807, 2.05) is 0 Å². The van der Waals surface area contributed by atoms with Gasteiger partial charge in [0.25, 0.3) is 0 Å². The van der Waals surface area contributed by atoms with E-state index in [2.05, 4.69) is 0 Å². The Morgan fingerprint density at radius 3 is 1.96 bits per heavy atom. The predicted octanol–water partition coefficient (Wildman–Crippen LogP) is -0.321. The van der Waals surface area contributed by atoms with E-state index in [1.54, 1.807) is 24.3 Å². The fraction of sp³-hybridized carbons (Fsp3) is 0.200. The molecule has 2 aromatic carbocycles. The van der Waals surface area contributed by atoms with Crippen LogP contribution in [0.1, 0.15) is 11.1 Å². The van der Waals surface area contributed by atoms with Crippen LogP contribution < -0.4 is 5.46 Å². The fourth-order valence-corrected chi connectivity index (χ4v) is 3.24. The van der Waals surface area contributed by atoms with Crippen LogP contribution in [0.4, 0.5) is 0 Å². The molecule has 0 aliphatic carbocycles. The molecule has 0 aromatic heterocycles. The highest BCUT2D eigenvalue weighted by atomic mass is 32.2. The number of aliphatic hydroxyl groups is 1. The van der Waals surface area contributed by atoms with E-state index in [1.165, 1.54) is 35.6 Å². The fourth-order valence-electron chi connectivity index (χ4n) is 2.08. The summed E-state index contributed by atoms with van der Waals surface area (Å²) in [6.45, 7) is 0.135. The van der Waals surface area contributed by atoms with Crippen molar-refractivity contribution in [1.29, 1.82) is 0 Å². The minimum atomic E-state index is -3.67. The second-order valence-electron chi connectivity index (χ2n) is 5.18. The van der Waals surface area contributed by atoms with Crippen molar-refractivity contribution in [2.75, 3.05) is 7.05 Å². The van der Waals surface area contributed by atoms with Gasteiger partial charge in [-0.2, -0.15) is 4.31 Å². The van der Waals surface area contributed by atoms with Crippen LogP contribution in [0.15, 0.2) is 53.4 Å². The summed E-state index contributed by atoms with van der Waals surface area (Å²) in [4.78, 5) is 0.0800. The van der Waals surface area contributed by atoms with Gasteiger partial charge in [0.1, 0.15) is 0 Å². The molecule has 8 heteroatoms. The van der Waals surface area contributed by atoms with Crippen molar-refractivity contribution in [2.24, 2.45) is 0 Å². The largest absolute Gasteiger partial charge is 0.488 e. The Hall–Kier alpha value is -1.71. The summed E-state index contributed by atoms with van der Waals surface area (Å²) in [6, 6.07) is 12.4. The van der Waals surface area contributed by atoms with E-state index < -0.39 is 17.1 Å². The molecular formula is C15H18BNO5S. The van der Waals surface area contributed by atoms with E-state index in [9.17, 15) is 8.42 Å². The highest BCUT2D eigenvalue weighted by Gasteiger charge is 2.21. The van der Waals surface area contributed by atoms with Gasteiger partial charge in [0.15, 0.2) is 0 Å². The zero-order chi connectivity index (χ0) is 17.0. The summed E-state index contributed by atoms with van der Waals surface area (Å²) in [7, 11) is -3.83. The SMILES string of the molecule is CN(Cc1ccc(CO)cc1)S(=O)(=O)c1ccc(B(O)O)cc1. The molecule has 6 nitrogen and oxygen atoms in total. The molecule has 0 fully saturated rings. The summed E-state index contributed by atoms with van der Waals surface area (Å²) in [5, 5.41) is 27.1. The molecule has 0 aliphatic rings. The Morgan fingerprint density at radius 1 is 0.957 bits per heavy atom. The third kappa shape index (κ3) is 4.18. The average molecular weight is 335 g/mol. The molecule has 3 N–H and O–H groups in total. The van der Waals surface area contributed by atoms with Crippen molar-refractivity contribution in [2.45, 2.75) is 18.0 Å². The van der Waals surface area contributed by atoms with Crippen molar-refractivity contribution >= 4 is 22.6 Å². The number of rotatable bonds is 6. The third-order valence-electron chi connectivity index (χ3n) is 3.50. The lowest BCUT2D eigenvalue weighted by Crippen LogP contribution is -2.30. The number of nitrogens with zero attached hydrogens (tertiary/aromatic N) is 1. The van der Waals surface area contributed by atoms with Gasteiger partial charge in [0, 0.05) is 13.6 Å². The molecule has 0 unspecified atom stereocenters. The first-order chi connectivity index (χ1) is 10.8. The summed E-state index contributed by atoms with van der Waals surface area (Å²) < 4.78 is 26.2. The molecule has 0 heterocycles. The van der Waals surface area contributed by atoms with Gasteiger partial charge in [-0.25, -0.2) is 8.42 Å². The smallest absolute Gasteiger partial charge is 0.423 e. The molecule has 122 valence electrons. The van der Waals surface area contributed by atoms with Crippen LogP contribution in [0.2, 0.25) is 0 Å². The summed E-state index contributed by atoms with van der Waals surface area (Å²) in [5.74, 6) is 0. The summed E-state index contributed by atoms with van der Waals surface area (Å²) >= 11 is 0. The number of hydrogen-bond donors (Lipinski definition) is 3. The lowest BCUT2D eigenvalue weighted by atomic mass is 9.81. The van der Waals surface area contributed by atoms with Crippen LogP contribution in [0.5, 0.6) is 0 Å². The monoisotopic (exact) mass is 335 g/mol. The van der Waals surface area contributed by atoms with Gasteiger partial charge >= 0.3 is 7.12 Å². The molecule has 0 saturated heterocycles. The number of aliphatic hydroxyl groups excluding tert-OH is 1. The molecule has 0 aliphatic heterocycles. The quantitative estimate of drug-likeness (QED) is 0.629. The first kappa shape index (κ1) is 17.6. The maximum atomic E-state index is 12.5. The molecule has 23 heavy (non-hydrogen) atoms. The maximum absolute atomic E-state index is 12.5. The van der Waals surface area contributed by atoms with Crippen molar-refractivity contribution in [3.63, 3.8) is 0 Å². The molecule has 2 aromatic rings. The van der Waals surface area contributed by atoms with Crippen LogP contribution in [-0.4, -0.2) is 42.0 Å². The van der Waals surface area contributed by atoms with Gasteiger partial charge in [-0.05, 0) is 28.7 Å². The molecule has 0 amide bonds. The highest BCUT2D eigenvalue weighted by molar-refractivity contribution is 7.89. The lowest BCUT2D eigenvalue weighted by Gasteiger charge is -2.17. The van der Waals surface area contributed by atoms with Crippen LogP contribution in [0.3, 0.4) is 0 Å². The molecule has 0 spiro atoms. The number of benzene rings is 2. The van der Waals surface area contributed by atoms with Crippen molar-refractivity contribution < 1.29 is 23.6 Å². The van der Waals surface area contributed by atoms with Crippen molar-refractivity contribution in [3.8, 4) is 0 Å². The van der Waals surface area contributed by atoms with Gasteiger partial charge in [-0.1, -0.05) is 36.4 Å². The first-order valence-corrected chi connectivity index (χ1v) is 8.39. The van der Waals surface area contributed by atoms with E-state index >= 15 is 0 Å². The Morgan fingerprint density at radius 2 is 1.48 bits per heavy atom. The second-order valence-corrected chi connectivity index (χ2v) is 7.22. The van der Waals surface area contributed by atoms with Gasteiger partial charge in [-0.3, -0.25) is 0 Å². The standard InChI is InChI=1S/C15H18BNO5S/c1-17(10-12-2-4-13(11-18)5-3-12)23(21,22)15-8-6-14(7-9-15)16(19)20/h2-9,18-20H,10-11H2,1H3. The van der Waals surface area contributed by atoms with Crippen LogP contribution in [0.25, 0.3) is 0 Å². The number of hydrogen-bond acceptors (Lipinski definition) is 5. The topological polar surface area (TPSA) is 98.1 Å². The van der Waals surface area contributed by atoms with Gasteiger partial charge < -0.3 is 15.2 Å². The van der Waals surface area contributed by atoms with Crippen molar-refractivity contribution in [1.82, 2.24) is 4.31 Å². The summed E-state index contributed by atoms with van der Waals surface area (Å²) in [5.41, 5.74) is 1.79. The molecule has 0 bridgehead atoms. The Balaban J connectivity index is 2.17. The minimum Gasteiger partial charge on any atom is -0.423 e. The maximum Gasteiger partial charge on any atom is 0.488 e. The van der Waals surface area contributed by atoms with Crippen molar-refractivity contribution in [3.05, 3.63) is 59.7 Å². The van der Waals surface area contributed by atoms with Gasteiger partial charge in [0.05, 0.1) is 11.5 Å².